The standard InChI is InChI=1S/C15H13FO3/c16-10-3-6-14-12(7-10)13(18)8-15(19-14)9-1-4-11(17)5-2-9/h1-7,13,15,17-18H,8H2/t13-,15?/m0/s1. The van der Waals surface area contributed by atoms with E-state index in [1.54, 1.807) is 24.3 Å². The van der Waals surface area contributed by atoms with E-state index in [4.69, 9.17) is 4.74 Å². The van der Waals surface area contributed by atoms with E-state index in [9.17, 15) is 14.6 Å². The molecule has 3 nitrogen and oxygen atoms in total. The first kappa shape index (κ1) is 12.0. The lowest BCUT2D eigenvalue weighted by Gasteiger charge is -2.29. The fourth-order valence-electron chi connectivity index (χ4n) is 2.31. The Morgan fingerprint density at radius 1 is 1.11 bits per heavy atom. The zero-order valence-corrected chi connectivity index (χ0v) is 10.1. The van der Waals surface area contributed by atoms with E-state index >= 15 is 0 Å². The number of ether oxygens (including phenoxy) is 1. The summed E-state index contributed by atoms with van der Waals surface area (Å²) in [6.07, 6.45) is -0.687. The van der Waals surface area contributed by atoms with Crippen molar-refractivity contribution in [3.63, 3.8) is 0 Å². The highest BCUT2D eigenvalue weighted by Crippen LogP contribution is 2.41. The van der Waals surface area contributed by atoms with Crippen LogP contribution in [0.2, 0.25) is 0 Å². The Balaban J connectivity index is 1.92. The van der Waals surface area contributed by atoms with Gasteiger partial charge in [0, 0.05) is 12.0 Å². The second kappa shape index (κ2) is 4.55. The molecule has 98 valence electrons. The van der Waals surface area contributed by atoms with Crippen molar-refractivity contribution in [2.45, 2.75) is 18.6 Å². The molecule has 0 fully saturated rings. The van der Waals surface area contributed by atoms with Crippen molar-refractivity contribution in [1.29, 1.82) is 0 Å². The Kier molecular flexibility index (Phi) is 2.87. The zero-order valence-electron chi connectivity index (χ0n) is 10.1. The van der Waals surface area contributed by atoms with E-state index < -0.39 is 6.10 Å². The molecular weight excluding hydrogens is 247 g/mol. The van der Waals surface area contributed by atoms with Gasteiger partial charge in [-0.15, -0.1) is 0 Å². The molecule has 3 rings (SSSR count). The Morgan fingerprint density at radius 3 is 2.58 bits per heavy atom. The molecule has 2 aromatic carbocycles. The number of aliphatic hydroxyl groups excluding tert-OH is 1. The molecule has 4 heteroatoms. The van der Waals surface area contributed by atoms with E-state index in [1.165, 1.54) is 18.2 Å². The summed E-state index contributed by atoms with van der Waals surface area (Å²) in [6.45, 7) is 0. The average Bonchev–Trinajstić information content (AvgIpc) is 2.40. The minimum atomic E-state index is -0.752. The van der Waals surface area contributed by atoms with Crippen molar-refractivity contribution in [2.24, 2.45) is 0 Å². The van der Waals surface area contributed by atoms with Gasteiger partial charge < -0.3 is 14.9 Å². The molecule has 1 aliphatic heterocycles. The van der Waals surface area contributed by atoms with Crippen LogP contribution in [-0.2, 0) is 0 Å². The van der Waals surface area contributed by atoms with Crippen LogP contribution in [0, 0.1) is 5.82 Å². The van der Waals surface area contributed by atoms with Crippen molar-refractivity contribution < 1.29 is 19.3 Å². The fourth-order valence-corrected chi connectivity index (χ4v) is 2.31. The smallest absolute Gasteiger partial charge is 0.127 e. The first-order valence-corrected chi connectivity index (χ1v) is 6.06. The van der Waals surface area contributed by atoms with Crippen LogP contribution >= 0.6 is 0 Å². The maximum absolute atomic E-state index is 13.1. The lowest BCUT2D eigenvalue weighted by Crippen LogP contribution is -2.19. The molecule has 0 bridgehead atoms. The van der Waals surface area contributed by atoms with Gasteiger partial charge in [0.15, 0.2) is 0 Å². The molecule has 1 unspecified atom stereocenters. The molecule has 0 radical (unpaired) electrons. The maximum Gasteiger partial charge on any atom is 0.127 e. The van der Waals surface area contributed by atoms with Gasteiger partial charge in [0.05, 0.1) is 6.10 Å². The molecule has 2 aromatic rings. The highest BCUT2D eigenvalue weighted by atomic mass is 19.1. The second-order valence-electron chi connectivity index (χ2n) is 4.63. The van der Waals surface area contributed by atoms with E-state index in [0.29, 0.717) is 17.7 Å². The molecular formula is C15H13FO3. The van der Waals surface area contributed by atoms with Crippen LogP contribution in [0.15, 0.2) is 42.5 Å². The predicted octanol–water partition coefficient (Wildman–Crippen LogP) is 3.09. The van der Waals surface area contributed by atoms with Gasteiger partial charge in [-0.2, -0.15) is 0 Å². The first-order chi connectivity index (χ1) is 9.13. The fraction of sp³-hybridized carbons (Fsp3) is 0.200. The van der Waals surface area contributed by atoms with Crippen molar-refractivity contribution in [3.8, 4) is 11.5 Å². The number of hydrogen-bond donors (Lipinski definition) is 2. The molecule has 19 heavy (non-hydrogen) atoms. The monoisotopic (exact) mass is 260 g/mol. The number of phenolic OH excluding ortho intramolecular Hbond substituents is 1. The van der Waals surface area contributed by atoms with Crippen LogP contribution in [0.3, 0.4) is 0 Å². The van der Waals surface area contributed by atoms with Gasteiger partial charge in [-0.3, -0.25) is 0 Å². The van der Waals surface area contributed by atoms with Gasteiger partial charge in [0.25, 0.3) is 0 Å². The number of aromatic hydroxyl groups is 1. The molecule has 0 spiro atoms. The van der Waals surface area contributed by atoms with Crippen LogP contribution < -0.4 is 4.74 Å². The average molecular weight is 260 g/mol. The SMILES string of the molecule is Oc1ccc(C2C[C@H](O)c3cc(F)ccc3O2)cc1. The Bertz CT molecular complexity index is 595. The minimum absolute atomic E-state index is 0.183. The zero-order chi connectivity index (χ0) is 13.4. The lowest BCUT2D eigenvalue weighted by molar-refractivity contribution is 0.0653. The van der Waals surface area contributed by atoms with E-state index in [2.05, 4.69) is 0 Å². The number of phenols is 1. The summed E-state index contributed by atoms with van der Waals surface area (Å²) in [6, 6.07) is 10.8. The molecule has 0 saturated heterocycles. The third-order valence-electron chi connectivity index (χ3n) is 3.30. The highest BCUT2D eigenvalue weighted by Gasteiger charge is 2.28. The number of benzene rings is 2. The molecule has 1 aliphatic rings. The third-order valence-corrected chi connectivity index (χ3v) is 3.30. The Hall–Kier alpha value is -2.07. The van der Waals surface area contributed by atoms with Gasteiger partial charge in [0.2, 0.25) is 0 Å². The van der Waals surface area contributed by atoms with Gasteiger partial charge in [-0.05, 0) is 35.9 Å². The maximum atomic E-state index is 13.1. The summed E-state index contributed by atoms with van der Waals surface area (Å²) in [5, 5.41) is 19.3. The number of rotatable bonds is 1. The van der Waals surface area contributed by atoms with Crippen LogP contribution in [0.1, 0.15) is 29.8 Å². The Labute approximate surface area is 109 Å². The number of fused-ring (bicyclic) bond motifs is 1. The summed E-state index contributed by atoms with van der Waals surface area (Å²) >= 11 is 0. The third kappa shape index (κ3) is 2.27. The van der Waals surface area contributed by atoms with Crippen molar-refractivity contribution in [3.05, 3.63) is 59.4 Å². The van der Waals surface area contributed by atoms with E-state index in [-0.39, 0.29) is 17.7 Å². The molecule has 0 amide bonds. The molecule has 1 heterocycles. The largest absolute Gasteiger partial charge is 0.508 e. The van der Waals surface area contributed by atoms with Gasteiger partial charge in [-0.25, -0.2) is 4.39 Å². The second-order valence-corrected chi connectivity index (χ2v) is 4.63. The number of hydrogen-bond acceptors (Lipinski definition) is 3. The van der Waals surface area contributed by atoms with Crippen LogP contribution in [0.4, 0.5) is 4.39 Å². The lowest BCUT2D eigenvalue weighted by atomic mass is 9.95. The van der Waals surface area contributed by atoms with Crippen molar-refractivity contribution >= 4 is 0 Å². The van der Waals surface area contributed by atoms with Crippen LogP contribution in [0.25, 0.3) is 0 Å². The Morgan fingerprint density at radius 2 is 1.84 bits per heavy atom. The molecule has 0 aromatic heterocycles. The molecule has 0 saturated carbocycles. The first-order valence-electron chi connectivity index (χ1n) is 6.06. The van der Waals surface area contributed by atoms with Gasteiger partial charge in [0.1, 0.15) is 23.4 Å². The summed E-state index contributed by atoms with van der Waals surface area (Å²) < 4.78 is 18.9. The van der Waals surface area contributed by atoms with Crippen molar-refractivity contribution in [1.82, 2.24) is 0 Å². The highest BCUT2D eigenvalue weighted by molar-refractivity contribution is 5.39. The molecule has 2 atom stereocenters. The van der Waals surface area contributed by atoms with E-state index in [1.807, 2.05) is 0 Å². The quantitative estimate of drug-likeness (QED) is 0.828. The van der Waals surface area contributed by atoms with E-state index in [0.717, 1.165) is 5.56 Å². The number of aliphatic hydroxyl groups is 1. The summed E-state index contributed by atoms with van der Waals surface area (Å²) in [7, 11) is 0. The van der Waals surface area contributed by atoms with Gasteiger partial charge in [-0.1, -0.05) is 12.1 Å². The van der Waals surface area contributed by atoms with Gasteiger partial charge >= 0.3 is 0 Å². The molecule has 0 aliphatic carbocycles. The number of halogens is 1. The summed E-state index contributed by atoms with van der Waals surface area (Å²) in [5.41, 5.74) is 1.35. The van der Waals surface area contributed by atoms with Crippen molar-refractivity contribution in [2.75, 3.05) is 0 Å². The normalized spacial score (nSPS) is 21.6. The summed E-state index contributed by atoms with van der Waals surface area (Å²) in [4.78, 5) is 0. The minimum Gasteiger partial charge on any atom is -0.508 e. The predicted molar refractivity (Wildman–Crippen MR) is 67.5 cm³/mol. The van der Waals surface area contributed by atoms with Crippen LogP contribution in [0.5, 0.6) is 11.5 Å². The topological polar surface area (TPSA) is 49.7 Å². The summed E-state index contributed by atoms with van der Waals surface area (Å²) in [5.74, 6) is 0.297. The molecule has 2 N–H and O–H groups in total. The van der Waals surface area contributed by atoms with Crippen LogP contribution in [-0.4, -0.2) is 10.2 Å².